The fourth-order valence-corrected chi connectivity index (χ4v) is 3.51. The second kappa shape index (κ2) is 4.60. The zero-order chi connectivity index (χ0) is 10.7. The third-order valence-corrected chi connectivity index (χ3v) is 3.04. The third kappa shape index (κ3) is 4.82. The summed E-state index contributed by atoms with van der Waals surface area (Å²) >= 11 is 0. The number of hydrogen-bond acceptors (Lipinski definition) is 1. The first-order chi connectivity index (χ1) is 5.69. The Kier molecular flexibility index (Phi) is 4.67. The number of rotatable bonds is 3. The van der Waals surface area contributed by atoms with E-state index in [1.165, 1.54) is 6.04 Å². The third-order valence-electron chi connectivity index (χ3n) is 2.06. The van der Waals surface area contributed by atoms with E-state index in [1.54, 1.807) is 0 Å². The molecule has 0 bridgehead atoms. The van der Waals surface area contributed by atoms with E-state index in [1.807, 2.05) is 0 Å². The van der Waals surface area contributed by atoms with E-state index in [-0.39, 0.29) is 20.6 Å². The molecule has 0 aromatic rings. The Balaban J connectivity index is 4.39. The maximum atomic E-state index is 6.06. The van der Waals surface area contributed by atoms with E-state index in [9.17, 15) is 0 Å². The van der Waals surface area contributed by atoms with Crippen LogP contribution in [-0.2, 0) is 4.43 Å². The molecule has 80 valence electrons. The quantitative estimate of drug-likeness (QED) is 0.639. The van der Waals surface area contributed by atoms with Crippen LogP contribution in [0.3, 0.4) is 0 Å². The van der Waals surface area contributed by atoms with Gasteiger partial charge in [0.1, 0.15) is 0 Å². The van der Waals surface area contributed by atoms with Crippen LogP contribution in [0.5, 0.6) is 0 Å². The topological polar surface area (TPSA) is 9.23 Å². The Hall–Kier alpha value is 0.177. The van der Waals surface area contributed by atoms with E-state index in [2.05, 4.69) is 48.5 Å². The average Bonchev–Trinajstić information content (AvgIpc) is 1.81. The summed E-state index contributed by atoms with van der Waals surface area (Å²) in [4.78, 5) is 0. The first kappa shape index (κ1) is 13.2. The van der Waals surface area contributed by atoms with E-state index in [0.29, 0.717) is 6.10 Å². The summed E-state index contributed by atoms with van der Waals surface area (Å²) in [7, 11) is -0.285. The molecule has 0 aromatic carbocycles. The zero-order valence-electron chi connectivity index (χ0n) is 10.4. The van der Waals surface area contributed by atoms with E-state index < -0.39 is 0 Å². The maximum absolute atomic E-state index is 6.06. The van der Waals surface area contributed by atoms with Crippen molar-refractivity contribution in [3.63, 3.8) is 0 Å². The molecule has 2 heteroatoms. The Morgan fingerprint density at radius 3 is 1.62 bits per heavy atom. The van der Waals surface area contributed by atoms with Gasteiger partial charge in [-0.2, -0.15) is 0 Å². The average molecular weight is 202 g/mol. The molecule has 0 radical (unpaired) electrons. The molecule has 0 heterocycles. The smallest absolute Gasteiger partial charge is 0.161 e. The Morgan fingerprint density at radius 1 is 1.00 bits per heavy atom. The van der Waals surface area contributed by atoms with Gasteiger partial charge in [-0.05, 0) is 16.9 Å². The maximum Gasteiger partial charge on any atom is 0.161 e. The monoisotopic (exact) mass is 202 g/mol. The van der Waals surface area contributed by atoms with Crippen molar-refractivity contribution >= 4 is 9.76 Å². The molecule has 0 amide bonds. The molecule has 0 aliphatic carbocycles. The second-order valence-electron chi connectivity index (χ2n) is 5.98. The van der Waals surface area contributed by atoms with Gasteiger partial charge in [0.25, 0.3) is 0 Å². The summed E-state index contributed by atoms with van der Waals surface area (Å²) in [5, 5.41) is 0. The molecule has 0 N–H and O–H groups in total. The largest absolute Gasteiger partial charge is 0.420 e. The van der Waals surface area contributed by atoms with Crippen LogP contribution in [0.25, 0.3) is 0 Å². The van der Waals surface area contributed by atoms with Crippen molar-refractivity contribution in [3.8, 4) is 0 Å². The minimum Gasteiger partial charge on any atom is -0.420 e. The lowest BCUT2D eigenvalue weighted by molar-refractivity contribution is 0.000228. The molecule has 0 saturated carbocycles. The fourth-order valence-electron chi connectivity index (χ4n) is 2.03. The lowest BCUT2D eigenvalue weighted by Crippen LogP contribution is -2.41. The molecular formula is C11H26OSi. The summed E-state index contributed by atoms with van der Waals surface area (Å²) in [6, 6.07) is 1.24. The van der Waals surface area contributed by atoms with Gasteiger partial charge in [0.2, 0.25) is 0 Å². The summed E-state index contributed by atoms with van der Waals surface area (Å²) in [5.74, 6) is 0. The summed E-state index contributed by atoms with van der Waals surface area (Å²) < 4.78 is 6.06. The van der Waals surface area contributed by atoms with Crippen molar-refractivity contribution in [1.82, 2.24) is 0 Å². The molecule has 0 saturated heterocycles. The van der Waals surface area contributed by atoms with Crippen LogP contribution >= 0.6 is 0 Å². The van der Waals surface area contributed by atoms with Crippen molar-refractivity contribution in [2.45, 2.75) is 60.6 Å². The van der Waals surface area contributed by atoms with Crippen molar-refractivity contribution in [2.75, 3.05) is 0 Å². The highest BCUT2D eigenvalue weighted by atomic mass is 28.2. The Morgan fingerprint density at radius 2 is 1.38 bits per heavy atom. The zero-order valence-corrected chi connectivity index (χ0v) is 11.8. The Bertz CT molecular complexity index is 127. The minimum atomic E-state index is -0.285. The van der Waals surface area contributed by atoms with Gasteiger partial charge >= 0.3 is 0 Å². The van der Waals surface area contributed by atoms with Crippen LogP contribution in [0.2, 0.25) is 6.04 Å². The van der Waals surface area contributed by atoms with Gasteiger partial charge in [-0.3, -0.25) is 0 Å². The van der Waals surface area contributed by atoms with Crippen molar-refractivity contribution in [2.24, 2.45) is 10.8 Å². The number of hydrogen-bond donors (Lipinski definition) is 0. The molecular weight excluding hydrogens is 176 g/mol. The molecule has 0 fully saturated rings. The van der Waals surface area contributed by atoms with Crippen LogP contribution in [0.4, 0.5) is 0 Å². The van der Waals surface area contributed by atoms with Crippen LogP contribution < -0.4 is 0 Å². The van der Waals surface area contributed by atoms with Gasteiger partial charge in [0.15, 0.2) is 9.76 Å². The van der Waals surface area contributed by atoms with Crippen molar-refractivity contribution < 1.29 is 4.43 Å². The molecule has 0 aliphatic rings. The molecule has 1 nitrogen and oxygen atoms in total. The molecule has 0 rings (SSSR count). The van der Waals surface area contributed by atoms with Gasteiger partial charge in [0, 0.05) is 0 Å². The highest BCUT2D eigenvalue weighted by Gasteiger charge is 2.34. The van der Waals surface area contributed by atoms with Gasteiger partial charge in [-0.15, -0.1) is 0 Å². The van der Waals surface area contributed by atoms with Gasteiger partial charge in [-0.25, -0.2) is 0 Å². The highest BCUT2D eigenvalue weighted by Crippen LogP contribution is 2.35. The fraction of sp³-hybridized carbons (Fsp3) is 1.00. The first-order valence-corrected chi connectivity index (χ1v) is 6.89. The molecule has 0 spiro atoms. The predicted molar refractivity (Wildman–Crippen MR) is 62.8 cm³/mol. The molecule has 0 atom stereocenters. The minimum absolute atomic E-state index is 0.264. The second-order valence-corrected chi connectivity index (χ2v) is 7.72. The molecule has 0 aromatic heterocycles. The highest BCUT2D eigenvalue weighted by molar-refractivity contribution is 6.26. The van der Waals surface area contributed by atoms with Crippen molar-refractivity contribution in [3.05, 3.63) is 0 Å². The Labute approximate surface area is 86.2 Å². The van der Waals surface area contributed by atoms with Crippen LogP contribution in [0.15, 0.2) is 0 Å². The van der Waals surface area contributed by atoms with Crippen molar-refractivity contribution in [1.29, 1.82) is 0 Å². The predicted octanol–water partition coefficient (Wildman–Crippen LogP) is 2.99. The summed E-state index contributed by atoms with van der Waals surface area (Å²) in [5.41, 5.74) is 0.529. The van der Waals surface area contributed by atoms with Gasteiger partial charge in [0.05, 0.1) is 6.10 Å². The van der Waals surface area contributed by atoms with E-state index in [0.717, 1.165) is 0 Å². The lowest BCUT2D eigenvalue weighted by Gasteiger charge is -2.40. The standard InChI is InChI=1S/C11H26OSi/c1-8-13-12-9(10(2,3)4)11(5,6)7/h9H,8,13H2,1-7H3. The molecule has 0 aliphatic heterocycles. The lowest BCUT2D eigenvalue weighted by atomic mass is 9.74. The SMILES string of the molecule is CC[SiH2]OC(C(C)(C)C)C(C)(C)C. The van der Waals surface area contributed by atoms with Crippen LogP contribution in [-0.4, -0.2) is 15.9 Å². The van der Waals surface area contributed by atoms with Crippen LogP contribution in [0, 0.1) is 10.8 Å². The molecule has 13 heavy (non-hydrogen) atoms. The molecule has 0 unspecified atom stereocenters. The van der Waals surface area contributed by atoms with Crippen LogP contribution in [0.1, 0.15) is 48.5 Å². The normalized spacial score (nSPS) is 14.8. The summed E-state index contributed by atoms with van der Waals surface area (Å²) in [6.07, 6.45) is 0.395. The van der Waals surface area contributed by atoms with Gasteiger partial charge < -0.3 is 4.43 Å². The van der Waals surface area contributed by atoms with E-state index >= 15 is 0 Å². The van der Waals surface area contributed by atoms with Gasteiger partial charge in [-0.1, -0.05) is 48.5 Å². The first-order valence-electron chi connectivity index (χ1n) is 5.31. The van der Waals surface area contributed by atoms with E-state index in [4.69, 9.17) is 4.43 Å². The summed E-state index contributed by atoms with van der Waals surface area (Å²) in [6.45, 7) is 15.8.